The number of hydrogen-bond donors (Lipinski definition) is 1. The summed E-state index contributed by atoms with van der Waals surface area (Å²) in [4.78, 5) is 2.41. The summed E-state index contributed by atoms with van der Waals surface area (Å²) < 4.78 is 0. The number of aromatic nitrogens is 2. The molecule has 0 aliphatic carbocycles. The van der Waals surface area contributed by atoms with E-state index in [9.17, 15) is 0 Å². The minimum absolute atomic E-state index is 0.559. The summed E-state index contributed by atoms with van der Waals surface area (Å²) in [5.74, 6) is 0. The quantitative estimate of drug-likeness (QED) is 0.690. The molecule has 0 unspecified atom stereocenters. The summed E-state index contributed by atoms with van der Waals surface area (Å²) in [7, 11) is 0. The fraction of sp³-hybridized carbons (Fsp3) is 0.600. The highest BCUT2D eigenvalue weighted by atomic mass is 15.2. The van der Waals surface area contributed by atoms with Crippen molar-refractivity contribution < 1.29 is 0 Å². The highest BCUT2D eigenvalue weighted by Crippen LogP contribution is 2.35. The van der Waals surface area contributed by atoms with E-state index < -0.39 is 0 Å². The third-order valence-corrected chi connectivity index (χ3v) is 3.37. The number of hydrogen-bond acceptors (Lipinski definition) is 4. The highest BCUT2D eigenvalue weighted by molar-refractivity contribution is 5.44. The average molecular weight is 190 g/mol. The molecular formula is C10H14N4. The Labute approximate surface area is 83.3 Å². The Bertz CT molecular complexity index is 320. The normalized spacial score (nSPS) is 23.9. The van der Waals surface area contributed by atoms with Gasteiger partial charge in [-0.15, -0.1) is 0 Å². The van der Waals surface area contributed by atoms with Crippen LogP contribution in [0.2, 0.25) is 0 Å². The van der Waals surface area contributed by atoms with Gasteiger partial charge in [0.15, 0.2) is 0 Å². The molecule has 4 heteroatoms. The second kappa shape index (κ2) is 2.92. The van der Waals surface area contributed by atoms with Gasteiger partial charge in [-0.3, -0.25) is 0 Å². The van der Waals surface area contributed by atoms with Crippen molar-refractivity contribution >= 4 is 5.69 Å². The Morgan fingerprint density at radius 1 is 1.36 bits per heavy atom. The maximum Gasteiger partial charge on any atom is 0.0729 e. The van der Waals surface area contributed by atoms with Crippen LogP contribution in [0.15, 0.2) is 18.5 Å². The Morgan fingerprint density at radius 2 is 2.29 bits per heavy atom. The maximum absolute atomic E-state index is 3.91. The van der Waals surface area contributed by atoms with Crippen molar-refractivity contribution in [3.05, 3.63) is 18.5 Å². The summed E-state index contributed by atoms with van der Waals surface area (Å²) >= 11 is 0. The number of nitrogens with one attached hydrogen (secondary N) is 1. The lowest BCUT2D eigenvalue weighted by atomic mass is 9.81. The van der Waals surface area contributed by atoms with Crippen molar-refractivity contribution in [3.8, 4) is 0 Å². The van der Waals surface area contributed by atoms with Crippen LogP contribution in [0.25, 0.3) is 0 Å². The molecule has 1 N–H and O–H groups in total. The standard InChI is InChI=1S/C10H14N4/c1-3-12-13-5-9(1)14-4-2-10(8-14)6-11-7-10/h1,3,5,11H,2,4,6-8H2. The van der Waals surface area contributed by atoms with Crippen LogP contribution >= 0.6 is 0 Å². The number of nitrogens with zero attached hydrogens (tertiary/aromatic N) is 3. The van der Waals surface area contributed by atoms with Gasteiger partial charge >= 0.3 is 0 Å². The van der Waals surface area contributed by atoms with Gasteiger partial charge in [0.25, 0.3) is 0 Å². The SMILES string of the molecule is c1cc(N2CCC3(CNC3)C2)cnn1. The Kier molecular flexibility index (Phi) is 1.70. The zero-order valence-electron chi connectivity index (χ0n) is 8.11. The molecule has 0 aromatic carbocycles. The minimum Gasteiger partial charge on any atom is -0.370 e. The first-order valence-electron chi connectivity index (χ1n) is 5.10. The van der Waals surface area contributed by atoms with Gasteiger partial charge in [0, 0.05) is 31.6 Å². The minimum atomic E-state index is 0.559. The molecule has 3 heterocycles. The van der Waals surface area contributed by atoms with Crippen LogP contribution in [-0.2, 0) is 0 Å². The molecule has 0 bridgehead atoms. The van der Waals surface area contributed by atoms with Crippen LogP contribution in [0.5, 0.6) is 0 Å². The van der Waals surface area contributed by atoms with Gasteiger partial charge in [0.1, 0.15) is 0 Å². The molecule has 3 rings (SSSR count). The molecule has 0 saturated carbocycles. The topological polar surface area (TPSA) is 41.0 Å². The molecule has 0 radical (unpaired) electrons. The second-order valence-corrected chi connectivity index (χ2v) is 4.38. The molecule has 2 fully saturated rings. The van der Waals surface area contributed by atoms with Crippen molar-refractivity contribution in [2.24, 2.45) is 5.41 Å². The predicted octanol–water partition coefficient (Wildman–Crippen LogP) is 0.276. The van der Waals surface area contributed by atoms with E-state index in [2.05, 4.69) is 20.4 Å². The summed E-state index contributed by atoms with van der Waals surface area (Å²) in [5.41, 5.74) is 1.77. The van der Waals surface area contributed by atoms with Gasteiger partial charge in [-0.05, 0) is 12.5 Å². The van der Waals surface area contributed by atoms with E-state index >= 15 is 0 Å². The summed E-state index contributed by atoms with van der Waals surface area (Å²) in [6.07, 6.45) is 4.92. The first-order valence-corrected chi connectivity index (χ1v) is 5.10. The van der Waals surface area contributed by atoms with E-state index in [0.29, 0.717) is 5.41 Å². The monoisotopic (exact) mass is 190 g/mol. The Morgan fingerprint density at radius 3 is 2.86 bits per heavy atom. The second-order valence-electron chi connectivity index (χ2n) is 4.38. The molecule has 0 atom stereocenters. The first kappa shape index (κ1) is 8.17. The molecule has 1 spiro atoms. The molecule has 2 aliphatic rings. The fourth-order valence-electron chi connectivity index (χ4n) is 2.39. The maximum atomic E-state index is 3.91. The van der Waals surface area contributed by atoms with E-state index in [-0.39, 0.29) is 0 Å². The van der Waals surface area contributed by atoms with Crippen LogP contribution in [0, 0.1) is 5.41 Å². The van der Waals surface area contributed by atoms with Crippen LogP contribution in [0.3, 0.4) is 0 Å². The third kappa shape index (κ3) is 1.18. The van der Waals surface area contributed by atoms with Gasteiger partial charge in [0.05, 0.1) is 18.1 Å². The summed E-state index contributed by atoms with van der Waals surface area (Å²) in [6.45, 7) is 4.70. The number of rotatable bonds is 1. The highest BCUT2D eigenvalue weighted by Gasteiger charge is 2.42. The van der Waals surface area contributed by atoms with Crippen molar-refractivity contribution in [1.29, 1.82) is 0 Å². The molecule has 2 saturated heterocycles. The van der Waals surface area contributed by atoms with Crippen molar-refractivity contribution in [2.45, 2.75) is 6.42 Å². The molecular weight excluding hydrogens is 176 g/mol. The van der Waals surface area contributed by atoms with Crippen molar-refractivity contribution in [1.82, 2.24) is 15.5 Å². The van der Waals surface area contributed by atoms with Gasteiger partial charge < -0.3 is 10.2 Å². The largest absolute Gasteiger partial charge is 0.370 e. The van der Waals surface area contributed by atoms with Crippen molar-refractivity contribution in [2.75, 3.05) is 31.1 Å². The molecule has 74 valence electrons. The average Bonchev–Trinajstić information content (AvgIpc) is 2.63. The van der Waals surface area contributed by atoms with E-state index in [0.717, 1.165) is 6.54 Å². The first-order chi connectivity index (χ1) is 6.88. The molecule has 4 nitrogen and oxygen atoms in total. The lowest BCUT2D eigenvalue weighted by Crippen LogP contribution is -2.54. The van der Waals surface area contributed by atoms with Crippen LogP contribution in [0.4, 0.5) is 5.69 Å². The predicted molar refractivity (Wildman–Crippen MR) is 54.2 cm³/mol. The van der Waals surface area contributed by atoms with E-state index in [1.807, 2.05) is 12.3 Å². The van der Waals surface area contributed by atoms with Gasteiger partial charge in [-0.25, -0.2) is 0 Å². The number of anilines is 1. The van der Waals surface area contributed by atoms with Crippen LogP contribution < -0.4 is 10.2 Å². The summed E-state index contributed by atoms with van der Waals surface area (Å²) in [5, 5.41) is 11.1. The lowest BCUT2D eigenvalue weighted by Gasteiger charge is -2.39. The summed E-state index contributed by atoms with van der Waals surface area (Å²) in [6, 6.07) is 2.04. The molecule has 0 amide bonds. The van der Waals surface area contributed by atoms with Gasteiger partial charge in [0.2, 0.25) is 0 Å². The zero-order chi connectivity index (χ0) is 9.43. The van der Waals surface area contributed by atoms with E-state index in [1.165, 1.54) is 31.7 Å². The van der Waals surface area contributed by atoms with Crippen molar-refractivity contribution in [3.63, 3.8) is 0 Å². The molecule has 1 aromatic rings. The van der Waals surface area contributed by atoms with Crippen LogP contribution in [-0.4, -0.2) is 36.4 Å². The van der Waals surface area contributed by atoms with Crippen LogP contribution in [0.1, 0.15) is 6.42 Å². The van der Waals surface area contributed by atoms with E-state index in [1.54, 1.807) is 6.20 Å². The third-order valence-electron chi connectivity index (χ3n) is 3.37. The lowest BCUT2D eigenvalue weighted by molar-refractivity contribution is 0.200. The fourth-order valence-corrected chi connectivity index (χ4v) is 2.39. The molecule has 14 heavy (non-hydrogen) atoms. The Hall–Kier alpha value is -1.16. The van der Waals surface area contributed by atoms with Gasteiger partial charge in [-0.1, -0.05) is 0 Å². The Balaban J connectivity index is 1.76. The van der Waals surface area contributed by atoms with Gasteiger partial charge in [-0.2, -0.15) is 10.2 Å². The smallest absolute Gasteiger partial charge is 0.0729 e. The van der Waals surface area contributed by atoms with E-state index in [4.69, 9.17) is 0 Å². The zero-order valence-corrected chi connectivity index (χ0v) is 8.11. The molecule has 2 aliphatic heterocycles. The molecule has 1 aromatic heterocycles.